The number of hydrogen-bond acceptors (Lipinski definition) is 7. The minimum absolute atomic E-state index is 0.166. The van der Waals surface area contributed by atoms with Gasteiger partial charge in [-0.05, 0) is 38.5 Å². The second kappa shape index (κ2) is 11.2. The third kappa shape index (κ3) is 8.70. The van der Waals surface area contributed by atoms with Crippen LogP contribution in [0.2, 0.25) is 0 Å². The Labute approximate surface area is 211 Å². The minimum atomic E-state index is -3.51. The fourth-order valence-electron chi connectivity index (χ4n) is 3.08. The number of amides is 2. The highest BCUT2D eigenvalue weighted by molar-refractivity contribution is 5.84. The molecule has 11 nitrogen and oxygen atoms in total. The zero-order valence-electron chi connectivity index (χ0n) is 20.8. The van der Waals surface area contributed by atoms with Gasteiger partial charge in [-0.25, -0.2) is 23.1 Å². The average molecular weight is 519 g/mol. The van der Waals surface area contributed by atoms with Gasteiger partial charge in [0.15, 0.2) is 6.61 Å². The van der Waals surface area contributed by atoms with Gasteiger partial charge in [0.2, 0.25) is 5.43 Å². The van der Waals surface area contributed by atoms with Gasteiger partial charge in [-0.1, -0.05) is 12.1 Å². The van der Waals surface area contributed by atoms with Gasteiger partial charge in [-0.3, -0.25) is 14.8 Å². The molecule has 0 radical (unpaired) electrons. The Morgan fingerprint density at radius 1 is 1.14 bits per heavy atom. The first kappa shape index (κ1) is 27.3. The maximum absolute atomic E-state index is 14.0. The number of ether oxygens (including phenoxy) is 2. The lowest BCUT2D eigenvalue weighted by Crippen LogP contribution is -2.42. The molecule has 3 aromatic rings. The van der Waals surface area contributed by atoms with Crippen LogP contribution in [0, 0.1) is 0 Å². The van der Waals surface area contributed by atoms with Crippen molar-refractivity contribution in [1.29, 1.82) is 0 Å². The summed E-state index contributed by atoms with van der Waals surface area (Å²) in [7, 11) is 1.76. The second-order valence-corrected chi connectivity index (χ2v) is 9.23. The smallest absolute Gasteiger partial charge is 0.411 e. The van der Waals surface area contributed by atoms with Crippen molar-refractivity contribution in [3.05, 3.63) is 70.4 Å². The molecule has 2 amide bonds. The molecule has 0 aliphatic carbocycles. The number of carbonyl (C=O) groups is 2. The number of hydrogen-bond donors (Lipinski definition) is 2. The van der Waals surface area contributed by atoms with Crippen LogP contribution in [0.5, 0.6) is 0 Å². The van der Waals surface area contributed by atoms with E-state index in [0.29, 0.717) is 11.3 Å². The van der Waals surface area contributed by atoms with Crippen molar-refractivity contribution in [3.63, 3.8) is 0 Å². The number of aryl methyl sites for hydroxylation is 1. The number of alkyl halides is 2. The molecule has 0 aliphatic heterocycles. The molecule has 2 heterocycles. The first-order chi connectivity index (χ1) is 17.3. The predicted octanol–water partition coefficient (Wildman–Crippen LogP) is 3.27. The maximum atomic E-state index is 14.0. The van der Waals surface area contributed by atoms with Crippen molar-refractivity contribution < 1.29 is 27.8 Å². The van der Waals surface area contributed by atoms with Crippen LogP contribution in [0.1, 0.15) is 32.0 Å². The Balaban J connectivity index is 1.56. The molecule has 13 heteroatoms. The van der Waals surface area contributed by atoms with Crippen LogP contribution < -0.4 is 16.1 Å². The molecule has 0 aliphatic rings. The fourth-order valence-corrected chi connectivity index (χ4v) is 3.08. The highest BCUT2D eigenvalue weighted by Crippen LogP contribution is 2.16. The van der Waals surface area contributed by atoms with E-state index in [-0.39, 0.29) is 23.2 Å². The van der Waals surface area contributed by atoms with E-state index in [1.165, 1.54) is 16.9 Å². The van der Waals surface area contributed by atoms with E-state index in [1.807, 2.05) is 5.32 Å². The van der Waals surface area contributed by atoms with Gasteiger partial charge in [-0.15, -0.1) is 0 Å². The SMILES string of the molecule is Cn1cc(-n2ccc(=O)c(Cc3cccc(NC(=O)OCC(F)(F)CNC(=O)OC(C)(C)C)c3)n2)cn1. The van der Waals surface area contributed by atoms with Gasteiger partial charge in [0, 0.05) is 31.4 Å². The number of rotatable bonds is 8. The average Bonchev–Trinajstić information content (AvgIpc) is 3.23. The predicted molar refractivity (Wildman–Crippen MR) is 130 cm³/mol. The highest BCUT2D eigenvalue weighted by atomic mass is 19.3. The van der Waals surface area contributed by atoms with Crippen LogP contribution in [0.3, 0.4) is 0 Å². The summed E-state index contributed by atoms with van der Waals surface area (Å²) in [6.45, 7) is 2.48. The number of aromatic nitrogens is 4. The number of nitrogens with one attached hydrogen (secondary N) is 2. The lowest BCUT2D eigenvalue weighted by molar-refractivity contribution is -0.0515. The van der Waals surface area contributed by atoms with Gasteiger partial charge in [0.25, 0.3) is 5.92 Å². The molecule has 0 spiro atoms. The van der Waals surface area contributed by atoms with E-state index in [0.717, 1.165) is 0 Å². The highest BCUT2D eigenvalue weighted by Gasteiger charge is 2.32. The van der Waals surface area contributed by atoms with Crippen LogP contribution in [0.25, 0.3) is 5.69 Å². The summed E-state index contributed by atoms with van der Waals surface area (Å²) in [5.41, 5.74) is 0.777. The van der Waals surface area contributed by atoms with E-state index in [4.69, 9.17) is 4.74 Å². The topological polar surface area (TPSA) is 129 Å². The number of benzene rings is 1. The summed E-state index contributed by atoms with van der Waals surface area (Å²) < 4.78 is 40.7. The Morgan fingerprint density at radius 3 is 2.57 bits per heavy atom. The number of anilines is 1. The van der Waals surface area contributed by atoms with Crippen molar-refractivity contribution >= 4 is 17.9 Å². The van der Waals surface area contributed by atoms with Crippen molar-refractivity contribution in [2.24, 2.45) is 7.05 Å². The molecule has 0 fully saturated rings. The molecule has 0 bridgehead atoms. The molecule has 2 aromatic heterocycles. The fraction of sp³-hybridized carbons (Fsp3) is 0.375. The Hall–Kier alpha value is -4.29. The van der Waals surface area contributed by atoms with Crippen molar-refractivity contribution in [1.82, 2.24) is 24.9 Å². The van der Waals surface area contributed by atoms with Crippen molar-refractivity contribution in [3.8, 4) is 5.69 Å². The van der Waals surface area contributed by atoms with Crippen LogP contribution in [0.15, 0.2) is 53.7 Å². The van der Waals surface area contributed by atoms with E-state index in [9.17, 15) is 23.2 Å². The molecule has 0 saturated carbocycles. The first-order valence-electron chi connectivity index (χ1n) is 11.2. The van der Waals surface area contributed by atoms with Gasteiger partial charge in [-0.2, -0.15) is 10.2 Å². The summed E-state index contributed by atoms with van der Waals surface area (Å²) >= 11 is 0. The van der Waals surface area contributed by atoms with E-state index in [1.54, 1.807) is 69.2 Å². The second-order valence-electron chi connectivity index (χ2n) is 9.23. The van der Waals surface area contributed by atoms with Crippen LogP contribution in [-0.4, -0.2) is 56.4 Å². The van der Waals surface area contributed by atoms with Gasteiger partial charge >= 0.3 is 12.2 Å². The maximum Gasteiger partial charge on any atom is 0.411 e. The van der Waals surface area contributed by atoms with E-state index in [2.05, 4.69) is 20.3 Å². The quantitative estimate of drug-likeness (QED) is 0.468. The Bertz CT molecular complexity index is 1320. The molecular weight excluding hydrogens is 490 g/mol. The molecule has 37 heavy (non-hydrogen) atoms. The molecule has 198 valence electrons. The largest absolute Gasteiger partial charge is 0.444 e. The summed E-state index contributed by atoms with van der Waals surface area (Å²) in [4.78, 5) is 35.9. The zero-order chi connectivity index (χ0) is 27.2. The summed E-state index contributed by atoms with van der Waals surface area (Å²) in [6, 6.07) is 7.88. The van der Waals surface area contributed by atoms with Gasteiger partial charge < -0.3 is 14.8 Å². The van der Waals surface area contributed by atoms with Gasteiger partial charge in [0.1, 0.15) is 17.0 Å². The minimum Gasteiger partial charge on any atom is -0.444 e. The number of nitrogens with zero attached hydrogens (tertiary/aromatic N) is 4. The van der Waals surface area contributed by atoms with Crippen LogP contribution >= 0.6 is 0 Å². The molecular formula is C24H28F2N6O5. The third-order valence-electron chi connectivity index (χ3n) is 4.69. The van der Waals surface area contributed by atoms with Gasteiger partial charge in [0.05, 0.1) is 18.9 Å². The van der Waals surface area contributed by atoms with E-state index < -0.39 is 36.9 Å². The summed E-state index contributed by atoms with van der Waals surface area (Å²) in [5.74, 6) is -3.51. The standard InChI is InChI=1S/C24H28F2N6O5/c1-23(2,3)37-21(34)27-14-24(25,26)15-36-22(35)29-17-7-5-6-16(10-17)11-19-20(33)8-9-32(30-19)18-12-28-31(4)13-18/h5-10,12-13H,11,14-15H2,1-4H3,(H,27,34)(H,29,35). The lowest BCUT2D eigenvalue weighted by atomic mass is 10.1. The molecule has 1 aromatic carbocycles. The molecule has 2 N–H and O–H groups in total. The lowest BCUT2D eigenvalue weighted by Gasteiger charge is -2.21. The molecule has 3 rings (SSSR count). The molecule has 0 unspecified atom stereocenters. The zero-order valence-corrected chi connectivity index (χ0v) is 20.8. The molecule has 0 atom stereocenters. The third-order valence-corrected chi connectivity index (χ3v) is 4.69. The summed E-state index contributed by atoms with van der Waals surface area (Å²) in [5, 5.41) is 12.8. The van der Waals surface area contributed by atoms with Crippen LogP contribution in [0.4, 0.5) is 24.1 Å². The number of carbonyl (C=O) groups excluding carboxylic acids is 2. The monoisotopic (exact) mass is 518 g/mol. The van der Waals surface area contributed by atoms with E-state index >= 15 is 0 Å². The Morgan fingerprint density at radius 2 is 1.89 bits per heavy atom. The van der Waals surface area contributed by atoms with Crippen LogP contribution in [-0.2, 0) is 22.9 Å². The number of halogens is 2. The van der Waals surface area contributed by atoms with Crippen molar-refractivity contribution in [2.45, 2.75) is 38.7 Å². The normalized spacial score (nSPS) is 11.6. The molecule has 0 saturated heterocycles. The Kier molecular flexibility index (Phi) is 8.25. The van der Waals surface area contributed by atoms with Crippen molar-refractivity contribution in [2.75, 3.05) is 18.5 Å². The number of alkyl carbamates (subject to hydrolysis) is 1. The summed E-state index contributed by atoms with van der Waals surface area (Å²) in [6.07, 6.45) is 2.94. The first-order valence-corrected chi connectivity index (χ1v) is 11.2.